The van der Waals surface area contributed by atoms with Crippen LogP contribution in [-0.2, 0) is 11.3 Å². The Kier molecular flexibility index (Phi) is 5.95. The third-order valence-electron chi connectivity index (χ3n) is 4.67. The highest BCUT2D eigenvalue weighted by molar-refractivity contribution is 7.19. The van der Waals surface area contributed by atoms with E-state index in [9.17, 15) is 14.4 Å². The van der Waals surface area contributed by atoms with E-state index in [2.05, 4.69) is 25.5 Å². The van der Waals surface area contributed by atoms with E-state index >= 15 is 0 Å². The molecular weight excluding hydrogens is 430 g/mol. The summed E-state index contributed by atoms with van der Waals surface area (Å²) in [6, 6.07) is 14.9. The molecule has 4 aromatic rings. The molecule has 10 heteroatoms. The molecule has 0 saturated carbocycles. The van der Waals surface area contributed by atoms with Crippen molar-refractivity contribution in [1.82, 2.24) is 19.9 Å². The maximum Gasteiger partial charge on any atom is 0.337 e. The molecular formula is C22H19N5O4S. The molecule has 2 aromatic carbocycles. The van der Waals surface area contributed by atoms with Crippen LogP contribution in [0.4, 0.5) is 10.5 Å². The maximum absolute atomic E-state index is 12.5. The fourth-order valence-electron chi connectivity index (χ4n) is 3.02. The minimum atomic E-state index is -0.470. The lowest BCUT2D eigenvalue weighted by molar-refractivity contribution is 0.0600. The minimum Gasteiger partial charge on any atom is -0.465 e. The number of urea groups is 1. The number of aryl methyl sites for hydroxylation is 1. The Hall–Kier alpha value is -4.05. The molecule has 0 aliphatic carbocycles. The highest BCUT2D eigenvalue weighted by Gasteiger charge is 2.13. The Labute approximate surface area is 186 Å². The molecule has 2 amide bonds. The number of carbonyl (C=O) groups excluding carboxylic acids is 2. The Morgan fingerprint density at radius 3 is 2.59 bits per heavy atom. The highest BCUT2D eigenvalue weighted by Crippen LogP contribution is 2.26. The van der Waals surface area contributed by atoms with E-state index in [4.69, 9.17) is 0 Å². The third kappa shape index (κ3) is 4.49. The Morgan fingerprint density at radius 1 is 1.12 bits per heavy atom. The van der Waals surface area contributed by atoms with E-state index in [0.29, 0.717) is 26.9 Å². The van der Waals surface area contributed by atoms with Crippen LogP contribution >= 0.6 is 11.3 Å². The molecule has 0 radical (unpaired) electrons. The van der Waals surface area contributed by atoms with E-state index < -0.39 is 12.0 Å². The van der Waals surface area contributed by atoms with Crippen molar-refractivity contribution in [1.29, 1.82) is 0 Å². The second-order valence-corrected chi connectivity index (χ2v) is 7.83. The Morgan fingerprint density at radius 2 is 1.88 bits per heavy atom. The Balaban J connectivity index is 1.45. The van der Waals surface area contributed by atoms with E-state index in [1.165, 1.54) is 29.0 Å². The van der Waals surface area contributed by atoms with Gasteiger partial charge in [0.05, 0.1) is 24.9 Å². The van der Waals surface area contributed by atoms with Gasteiger partial charge in [-0.1, -0.05) is 35.6 Å². The normalized spacial score (nSPS) is 10.7. The van der Waals surface area contributed by atoms with Gasteiger partial charge < -0.3 is 15.4 Å². The van der Waals surface area contributed by atoms with Crippen LogP contribution in [0.25, 0.3) is 15.5 Å². The van der Waals surface area contributed by atoms with Gasteiger partial charge in [-0.15, -0.1) is 0 Å². The van der Waals surface area contributed by atoms with Gasteiger partial charge in [0.2, 0.25) is 4.96 Å². The predicted octanol–water partition coefficient (Wildman–Crippen LogP) is 3.23. The summed E-state index contributed by atoms with van der Waals surface area (Å²) in [5.74, 6) is -0.456. The molecule has 4 rings (SSSR count). The molecule has 0 aliphatic heterocycles. The van der Waals surface area contributed by atoms with Crippen LogP contribution in [0.3, 0.4) is 0 Å². The minimum absolute atomic E-state index is 0.0649. The molecule has 2 N–H and O–H groups in total. The number of ether oxygens (including phenoxy) is 1. The number of nitrogens with zero attached hydrogens (tertiary/aromatic N) is 3. The molecule has 0 unspecified atom stereocenters. The van der Waals surface area contributed by atoms with E-state index in [-0.39, 0.29) is 12.1 Å². The van der Waals surface area contributed by atoms with Crippen molar-refractivity contribution >= 4 is 34.0 Å². The van der Waals surface area contributed by atoms with Crippen molar-refractivity contribution in [2.45, 2.75) is 13.5 Å². The number of esters is 1. The first kappa shape index (κ1) is 21.2. The molecule has 0 fully saturated rings. The molecule has 2 aromatic heterocycles. The number of aromatic nitrogens is 3. The van der Waals surface area contributed by atoms with Gasteiger partial charge in [0.25, 0.3) is 5.56 Å². The van der Waals surface area contributed by atoms with Crippen LogP contribution < -0.4 is 16.2 Å². The average Bonchev–Trinajstić information content (AvgIpc) is 3.22. The average molecular weight is 449 g/mol. The van der Waals surface area contributed by atoms with Crippen molar-refractivity contribution in [2.75, 3.05) is 12.4 Å². The van der Waals surface area contributed by atoms with Crippen molar-refractivity contribution in [2.24, 2.45) is 0 Å². The van der Waals surface area contributed by atoms with Gasteiger partial charge in [0.1, 0.15) is 5.01 Å². The zero-order valence-corrected chi connectivity index (χ0v) is 18.1. The molecule has 32 heavy (non-hydrogen) atoms. The van der Waals surface area contributed by atoms with Crippen LogP contribution in [0.2, 0.25) is 0 Å². The standard InChI is InChI=1S/C22H19N5O4S/c1-13-5-3-4-6-17(13)19-26-27-18(28)11-16(25-22(27)32-19)12-23-21(30)24-15-9-7-14(8-10-15)20(29)31-2/h3-11H,12H2,1-2H3,(H2,23,24,30). The number of anilines is 1. The van der Waals surface area contributed by atoms with Gasteiger partial charge in [0, 0.05) is 17.3 Å². The first-order valence-corrected chi connectivity index (χ1v) is 10.5. The van der Waals surface area contributed by atoms with E-state index in [1.54, 1.807) is 24.3 Å². The molecule has 0 saturated heterocycles. The monoisotopic (exact) mass is 449 g/mol. The summed E-state index contributed by atoms with van der Waals surface area (Å²) in [6.07, 6.45) is 0. The maximum atomic E-state index is 12.5. The lowest BCUT2D eigenvalue weighted by Crippen LogP contribution is -2.29. The van der Waals surface area contributed by atoms with Crippen molar-refractivity contribution in [3.05, 3.63) is 81.8 Å². The van der Waals surface area contributed by atoms with Crippen molar-refractivity contribution < 1.29 is 14.3 Å². The van der Waals surface area contributed by atoms with Gasteiger partial charge >= 0.3 is 12.0 Å². The zero-order chi connectivity index (χ0) is 22.7. The van der Waals surface area contributed by atoms with E-state index in [0.717, 1.165) is 11.1 Å². The first-order valence-electron chi connectivity index (χ1n) is 9.63. The summed E-state index contributed by atoms with van der Waals surface area (Å²) < 4.78 is 5.90. The first-order chi connectivity index (χ1) is 15.4. The summed E-state index contributed by atoms with van der Waals surface area (Å²) in [4.78, 5) is 41.1. The number of hydrogen-bond donors (Lipinski definition) is 2. The second kappa shape index (κ2) is 8.98. The van der Waals surface area contributed by atoms with Crippen molar-refractivity contribution in [3.63, 3.8) is 0 Å². The summed E-state index contributed by atoms with van der Waals surface area (Å²) in [7, 11) is 1.30. The Bertz CT molecular complexity index is 1360. The third-order valence-corrected chi connectivity index (χ3v) is 5.61. The number of amides is 2. The lowest BCUT2D eigenvalue weighted by atomic mass is 10.1. The fourth-order valence-corrected chi connectivity index (χ4v) is 4.04. The molecule has 0 atom stereocenters. The number of rotatable bonds is 5. The fraction of sp³-hybridized carbons (Fsp3) is 0.136. The molecule has 9 nitrogen and oxygen atoms in total. The number of benzene rings is 2. The van der Waals surface area contributed by atoms with Gasteiger partial charge in [0.15, 0.2) is 0 Å². The van der Waals surface area contributed by atoms with Gasteiger partial charge in [-0.3, -0.25) is 4.79 Å². The van der Waals surface area contributed by atoms with Gasteiger partial charge in [-0.25, -0.2) is 14.6 Å². The van der Waals surface area contributed by atoms with Crippen molar-refractivity contribution in [3.8, 4) is 10.6 Å². The largest absolute Gasteiger partial charge is 0.465 e. The summed E-state index contributed by atoms with van der Waals surface area (Å²) in [6.45, 7) is 2.05. The van der Waals surface area contributed by atoms with Crippen LogP contribution in [0.15, 0.2) is 59.4 Å². The number of nitrogens with one attached hydrogen (secondary N) is 2. The number of fused-ring (bicyclic) bond motifs is 1. The van der Waals surface area contributed by atoms with Gasteiger partial charge in [-0.2, -0.15) is 9.61 Å². The van der Waals surface area contributed by atoms with Crippen LogP contribution in [0.1, 0.15) is 21.6 Å². The number of carbonyl (C=O) groups is 2. The number of methoxy groups -OCH3 is 1. The summed E-state index contributed by atoms with van der Waals surface area (Å²) >= 11 is 1.31. The molecule has 0 spiro atoms. The van der Waals surface area contributed by atoms with E-state index in [1.807, 2.05) is 31.2 Å². The SMILES string of the molecule is COC(=O)c1ccc(NC(=O)NCc2cc(=O)n3nc(-c4ccccc4C)sc3n2)cc1. The number of hydrogen-bond acceptors (Lipinski definition) is 7. The highest BCUT2D eigenvalue weighted by atomic mass is 32.1. The van der Waals surface area contributed by atoms with Gasteiger partial charge in [-0.05, 0) is 36.8 Å². The topological polar surface area (TPSA) is 115 Å². The second-order valence-electron chi connectivity index (χ2n) is 6.88. The quantitative estimate of drug-likeness (QED) is 0.452. The van der Waals surface area contributed by atoms with Crippen LogP contribution in [0, 0.1) is 6.92 Å². The summed E-state index contributed by atoms with van der Waals surface area (Å²) in [5, 5.41) is 10.4. The zero-order valence-electron chi connectivity index (χ0n) is 17.3. The molecule has 0 aliphatic rings. The lowest BCUT2D eigenvalue weighted by Gasteiger charge is -2.08. The smallest absolute Gasteiger partial charge is 0.337 e. The summed E-state index contributed by atoms with van der Waals surface area (Å²) in [5.41, 5.74) is 2.99. The van der Waals surface area contributed by atoms with Crippen LogP contribution in [-0.4, -0.2) is 33.7 Å². The van der Waals surface area contributed by atoms with Crippen LogP contribution in [0.5, 0.6) is 0 Å². The molecule has 2 heterocycles. The predicted molar refractivity (Wildman–Crippen MR) is 121 cm³/mol. The molecule has 162 valence electrons. The molecule has 0 bridgehead atoms.